The van der Waals surface area contributed by atoms with Crippen molar-refractivity contribution in [1.82, 2.24) is 14.9 Å². The van der Waals surface area contributed by atoms with E-state index in [1.54, 1.807) is 0 Å². The number of para-hydroxylation sites is 2. The third-order valence-corrected chi connectivity index (χ3v) is 4.21. The maximum absolute atomic E-state index is 11.9. The van der Waals surface area contributed by atoms with Crippen molar-refractivity contribution in [2.75, 3.05) is 13.1 Å². The molecule has 26 heavy (non-hydrogen) atoms. The van der Waals surface area contributed by atoms with Crippen molar-refractivity contribution >= 4 is 41.8 Å². The van der Waals surface area contributed by atoms with E-state index in [2.05, 4.69) is 29.8 Å². The highest BCUT2D eigenvalue weighted by Crippen LogP contribution is 2.21. The number of unbranched alkanes of at least 4 members (excludes halogenated alkanes) is 3. The number of imidazole rings is 1. The molecule has 1 amide bonds. The number of carbonyl (C=O) groups excluding carboxylic acids is 1. The highest BCUT2D eigenvalue weighted by Gasteiger charge is 2.12. The lowest BCUT2D eigenvalue weighted by atomic mass is 10.1. The molecular weight excluding hydrogens is 371 g/mol. The molecule has 0 radical (unpaired) electrons. The van der Waals surface area contributed by atoms with E-state index in [-0.39, 0.29) is 30.7 Å². The fourth-order valence-corrected chi connectivity index (χ4v) is 3.03. The Kier molecular flexibility index (Phi) is 12.3. The predicted octanol–water partition coefficient (Wildman–Crippen LogP) is 4.03. The number of hydrogen-bond donors (Lipinski definition) is 2. The minimum Gasteiger partial charge on any atom is -0.356 e. The van der Waals surface area contributed by atoms with Gasteiger partial charge in [-0.3, -0.25) is 4.79 Å². The van der Waals surface area contributed by atoms with Crippen molar-refractivity contribution in [3.8, 4) is 0 Å². The molecule has 2 rings (SSSR count). The Labute approximate surface area is 168 Å². The summed E-state index contributed by atoms with van der Waals surface area (Å²) in [5.74, 6) is 1.17. The molecule has 0 saturated heterocycles. The van der Waals surface area contributed by atoms with Gasteiger partial charge in [0.15, 0.2) is 0 Å². The zero-order chi connectivity index (χ0) is 17.4. The lowest BCUT2D eigenvalue weighted by Gasteiger charge is -2.13. The molecule has 0 saturated carbocycles. The summed E-state index contributed by atoms with van der Waals surface area (Å²) in [6.07, 6.45) is 5.54. The van der Waals surface area contributed by atoms with Gasteiger partial charge in [-0.15, -0.1) is 24.8 Å². The summed E-state index contributed by atoms with van der Waals surface area (Å²) in [6, 6.07) is 8.55. The second-order valence-corrected chi connectivity index (χ2v) is 6.53. The number of nitrogens with two attached hydrogens (primary N) is 1. The number of aromatic nitrogens is 2. The molecule has 3 N–H and O–H groups in total. The normalized spacial score (nSPS) is 10.5. The average Bonchev–Trinajstić information content (AvgIpc) is 2.93. The number of amides is 1. The van der Waals surface area contributed by atoms with E-state index in [4.69, 9.17) is 10.7 Å². The van der Waals surface area contributed by atoms with Crippen molar-refractivity contribution in [1.29, 1.82) is 0 Å². The molecule has 0 aliphatic heterocycles. The van der Waals surface area contributed by atoms with E-state index in [9.17, 15) is 4.79 Å². The molecule has 0 aliphatic rings. The Morgan fingerprint density at radius 1 is 1.15 bits per heavy atom. The van der Waals surface area contributed by atoms with Crippen LogP contribution >= 0.6 is 24.8 Å². The van der Waals surface area contributed by atoms with Crippen LogP contribution in [0.15, 0.2) is 24.3 Å². The molecule has 1 aromatic carbocycles. The number of hydrogen-bond acceptors (Lipinski definition) is 3. The SMILES string of the molecule is CC(C)n1c(CCNC(=O)CCCCCCN)nc2ccccc21.Cl.Cl. The van der Waals surface area contributed by atoms with E-state index in [0.29, 0.717) is 19.0 Å². The number of nitrogens with one attached hydrogen (secondary N) is 1. The van der Waals surface area contributed by atoms with Crippen molar-refractivity contribution in [2.24, 2.45) is 5.73 Å². The Morgan fingerprint density at radius 2 is 1.85 bits per heavy atom. The van der Waals surface area contributed by atoms with Crippen LogP contribution in [0.3, 0.4) is 0 Å². The molecular formula is C19H32Cl2N4O. The molecule has 7 heteroatoms. The quantitative estimate of drug-likeness (QED) is 0.589. The molecule has 0 aliphatic carbocycles. The maximum atomic E-state index is 11.9. The van der Waals surface area contributed by atoms with Crippen molar-refractivity contribution < 1.29 is 4.79 Å². The topological polar surface area (TPSA) is 72.9 Å². The van der Waals surface area contributed by atoms with Gasteiger partial charge in [-0.25, -0.2) is 4.98 Å². The van der Waals surface area contributed by atoms with Crippen molar-refractivity contribution in [3.05, 3.63) is 30.1 Å². The number of rotatable bonds is 10. The largest absolute Gasteiger partial charge is 0.356 e. The molecule has 148 valence electrons. The molecule has 0 spiro atoms. The van der Waals surface area contributed by atoms with Crippen molar-refractivity contribution in [3.63, 3.8) is 0 Å². The highest BCUT2D eigenvalue weighted by molar-refractivity contribution is 5.85. The molecule has 0 atom stereocenters. The van der Waals surface area contributed by atoms with Gasteiger partial charge in [0.25, 0.3) is 0 Å². The number of benzene rings is 1. The summed E-state index contributed by atoms with van der Waals surface area (Å²) >= 11 is 0. The van der Waals surface area contributed by atoms with Crippen LogP contribution in [0.1, 0.15) is 57.8 Å². The van der Waals surface area contributed by atoms with Crippen LogP contribution in [0, 0.1) is 0 Å². The molecule has 0 unspecified atom stereocenters. The summed E-state index contributed by atoms with van der Waals surface area (Å²) in [4.78, 5) is 16.6. The Hall–Kier alpha value is -1.30. The minimum atomic E-state index is 0. The zero-order valence-electron chi connectivity index (χ0n) is 15.7. The molecule has 2 aromatic rings. The smallest absolute Gasteiger partial charge is 0.220 e. The monoisotopic (exact) mass is 402 g/mol. The summed E-state index contributed by atoms with van der Waals surface area (Å²) in [6.45, 7) is 5.70. The molecule has 5 nitrogen and oxygen atoms in total. The van der Waals surface area contributed by atoms with E-state index < -0.39 is 0 Å². The second kappa shape index (κ2) is 13.0. The number of fused-ring (bicyclic) bond motifs is 1. The highest BCUT2D eigenvalue weighted by atomic mass is 35.5. The van der Waals surface area contributed by atoms with E-state index in [1.165, 1.54) is 0 Å². The average molecular weight is 403 g/mol. The summed E-state index contributed by atoms with van der Waals surface area (Å²) in [7, 11) is 0. The van der Waals surface area contributed by atoms with Gasteiger partial charge in [-0.05, 0) is 45.4 Å². The Balaban J connectivity index is 0.00000312. The first-order valence-electron chi connectivity index (χ1n) is 9.06. The van der Waals surface area contributed by atoms with Crippen LogP contribution in [0.2, 0.25) is 0 Å². The lowest BCUT2D eigenvalue weighted by Crippen LogP contribution is -2.26. The summed E-state index contributed by atoms with van der Waals surface area (Å²) in [5, 5.41) is 3.02. The van der Waals surface area contributed by atoms with Gasteiger partial charge in [0.2, 0.25) is 5.91 Å². The first kappa shape index (κ1) is 24.7. The van der Waals surface area contributed by atoms with E-state index in [1.807, 2.05) is 18.2 Å². The second-order valence-electron chi connectivity index (χ2n) is 6.53. The molecule has 1 aromatic heterocycles. The zero-order valence-corrected chi connectivity index (χ0v) is 17.4. The van der Waals surface area contributed by atoms with Gasteiger partial charge < -0.3 is 15.6 Å². The standard InChI is InChI=1S/C19H30N4O.2ClH/c1-15(2)23-17-10-7-6-9-16(17)22-18(23)12-14-21-19(24)11-5-3-4-8-13-20;;/h6-7,9-10,15H,3-5,8,11-14,20H2,1-2H3,(H,21,24);2*1H. The maximum Gasteiger partial charge on any atom is 0.220 e. The number of halogens is 2. The van der Waals surface area contributed by atoms with E-state index >= 15 is 0 Å². The molecule has 0 fully saturated rings. The van der Waals surface area contributed by atoms with Crippen LogP contribution in [-0.4, -0.2) is 28.5 Å². The van der Waals surface area contributed by atoms with Crippen molar-refractivity contribution in [2.45, 2.75) is 58.4 Å². The first-order chi connectivity index (χ1) is 11.6. The third-order valence-electron chi connectivity index (χ3n) is 4.21. The van der Waals surface area contributed by atoms with E-state index in [0.717, 1.165) is 55.5 Å². The van der Waals surface area contributed by atoms with Crippen LogP contribution in [0.5, 0.6) is 0 Å². The van der Waals surface area contributed by atoms with Gasteiger partial charge >= 0.3 is 0 Å². The van der Waals surface area contributed by atoms with Gasteiger partial charge in [0.1, 0.15) is 5.82 Å². The minimum absolute atomic E-state index is 0. The summed E-state index contributed by atoms with van der Waals surface area (Å²) < 4.78 is 2.26. The Bertz CT molecular complexity index is 658. The van der Waals surface area contributed by atoms with Crippen LogP contribution < -0.4 is 11.1 Å². The van der Waals surface area contributed by atoms with Gasteiger partial charge in [0.05, 0.1) is 11.0 Å². The predicted molar refractivity (Wildman–Crippen MR) is 113 cm³/mol. The fourth-order valence-electron chi connectivity index (χ4n) is 3.03. The fraction of sp³-hybridized carbons (Fsp3) is 0.579. The Morgan fingerprint density at radius 3 is 2.54 bits per heavy atom. The molecule has 0 bridgehead atoms. The molecule has 1 heterocycles. The summed E-state index contributed by atoms with van der Waals surface area (Å²) in [5.41, 5.74) is 7.65. The first-order valence-corrected chi connectivity index (χ1v) is 9.06. The lowest BCUT2D eigenvalue weighted by molar-refractivity contribution is -0.121. The van der Waals surface area contributed by atoms with Crippen LogP contribution in [0.25, 0.3) is 11.0 Å². The van der Waals surface area contributed by atoms with Gasteiger partial charge in [-0.2, -0.15) is 0 Å². The number of nitrogens with zero attached hydrogens (tertiary/aromatic N) is 2. The van der Waals surface area contributed by atoms with Crippen LogP contribution in [-0.2, 0) is 11.2 Å². The van der Waals surface area contributed by atoms with Gasteiger partial charge in [0, 0.05) is 25.4 Å². The van der Waals surface area contributed by atoms with Crippen LogP contribution in [0.4, 0.5) is 0 Å². The number of carbonyl (C=O) groups is 1. The van der Waals surface area contributed by atoms with Gasteiger partial charge in [-0.1, -0.05) is 25.0 Å². The third kappa shape index (κ3) is 7.14.